The number of aromatic nitrogens is 1. The van der Waals surface area contributed by atoms with Gasteiger partial charge in [0.1, 0.15) is 0 Å². The van der Waals surface area contributed by atoms with Crippen LogP contribution in [0.5, 0.6) is 0 Å². The highest BCUT2D eigenvalue weighted by molar-refractivity contribution is 7.79. The van der Waals surface area contributed by atoms with Crippen LogP contribution in [0.3, 0.4) is 0 Å². The van der Waals surface area contributed by atoms with Gasteiger partial charge in [-0.2, -0.15) is 0 Å². The average Bonchev–Trinajstić information content (AvgIpc) is 3.20. The number of benzene rings is 5. The fraction of sp³-hybridized carbons (Fsp3) is 0. The fourth-order valence-corrected chi connectivity index (χ4v) is 6.90. The van der Waals surface area contributed by atoms with Crippen LogP contribution in [-0.4, -0.2) is 4.57 Å². The minimum Gasteiger partial charge on any atom is -0.309 e. The van der Waals surface area contributed by atoms with Gasteiger partial charge in [0.2, 0.25) is 0 Å². The van der Waals surface area contributed by atoms with E-state index in [4.69, 9.17) is 0 Å². The summed E-state index contributed by atoms with van der Waals surface area (Å²) in [4.78, 5) is 0. The van der Waals surface area contributed by atoms with Gasteiger partial charge in [-0.25, -0.2) is 0 Å². The molecule has 0 atom stereocenters. The summed E-state index contributed by atoms with van der Waals surface area (Å²) in [6, 6.07) is 48.3. The smallest absolute Gasteiger partial charge is 0.0541 e. The summed E-state index contributed by atoms with van der Waals surface area (Å²) in [5.41, 5.74) is 3.70. The lowest BCUT2D eigenvalue weighted by atomic mass is 10.2. The minimum atomic E-state index is -0.638. The average molecular weight is 427 g/mol. The summed E-state index contributed by atoms with van der Waals surface area (Å²) < 4.78 is 2.40. The summed E-state index contributed by atoms with van der Waals surface area (Å²) in [6.45, 7) is 0. The molecule has 0 aliphatic carbocycles. The van der Waals surface area contributed by atoms with E-state index < -0.39 is 7.92 Å². The quantitative estimate of drug-likeness (QED) is 0.282. The van der Waals surface area contributed by atoms with Crippen LogP contribution in [0.25, 0.3) is 27.5 Å². The second-order valence-electron chi connectivity index (χ2n) is 7.90. The van der Waals surface area contributed by atoms with Crippen molar-refractivity contribution in [2.75, 3.05) is 0 Å². The number of hydrogen-bond donors (Lipinski definition) is 0. The largest absolute Gasteiger partial charge is 0.309 e. The molecule has 152 valence electrons. The first-order valence-corrected chi connectivity index (χ1v) is 12.2. The number of fused-ring (bicyclic) bond motifs is 3. The van der Waals surface area contributed by atoms with Gasteiger partial charge in [-0.05, 0) is 48.1 Å². The zero-order chi connectivity index (χ0) is 21.3. The number of hydrogen-bond acceptors (Lipinski definition) is 0. The first kappa shape index (κ1) is 19.0. The zero-order valence-corrected chi connectivity index (χ0v) is 18.5. The summed E-state index contributed by atoms with van der Waals surface area (Å²) in [5.74, 6) is 0. The Labute approximate surface area is 189 Å². The van der Waals surface area contributed by atoms with Crippen LogP contribution in [0.2, 0.25) is 0 Å². The van der Waals surface area contributed by atoms with E-state index >= 15 is 0 Å². The van der Waals surface area contributed by atoms with Gasteiger partial charge in [0.25, 0.3) is 0 Å². The number of rotatable bonds is 4. The molecule has 2 heteroatoms. The maximum Gasteiger partial charge on any atom is 0.0541 e. The van der Waals surface area contributed by atoms with Crippen LogP contribution in [-0.2, 0) is 0 Å². The molecule has 0 saturated carbocycles. The molecule has 0 radical (unpaired) electrons. The van der Waals surface area contributed by atoms with Crippen LogP contribution < -0.4 is 15.9 Å². The Morgan fingerprint density at radius 2 is 0.875 bits per heavy atom. The maximum absolute atomic E-state index is 2.40. The van der Waals surface area contributed by atoms with Crippen molar-refractivity contribution in [3.8, 4) is 5.69 Å². The van der Waals surface area contributed by atoms with Crippen LogP contribution in [0, 0.1) is 0 Å². The van der Waals surface area contributed by atoms with E-state index in [1.165, 1.54) is 43.4 Å². The molecule has 0 bridgehead atoms. The van der Waals surface area contributed by atoms with Crippen molar-refractivity contribution in [1.29, 1.82) is 0 Å². The molecule has 1 aromatic heterocycles. The third-order valence-electron chi connectivity index (χ3n) is 5.95. The van der Waals surface area contributed by atoms with Gasteiger partial charge < -0.3 is 4.57 Å². The molecular formula is C30H22NP. The molecule has 6 rings (SSSR count). The van der Waals surface area contributed by atoms with Gasteiger partial charge in [0.15, 0.2) is 0 Å². The first-order valence-electron chi connectivity index (χ1n) is 10.9. The van der Waals surface area contributed by atoms with E-state index in [0.717, 1.165) is 0 Å². The van der Waals surface area contributed by atoms with Crippen LogP contribution >= 0.6 is 7.92 Å². The van der Waals surface area contributed by atoms with Crippen molar-refractivity contribution < 1.29 is 0 Å². The molecule has 5 aromatic carbocycles. The Balaban J connectivity index is 1.59. The molecule has 0 fully saturated rings. The van der Waals surface area contributed by atoms with E-state index in [9.17, 15) is 0 Å². The van der Waals surface area contributed by atoms with E-state index in [0.29, 0.717) is 0 Å². The molecule has 0 amide bonds. The lowest BCUT2D eigenvalue weighted by Gasteiger charge is -2.20. The van der Waals surface area contributed by atoms with Crippen molar-refractivity contribution in [2.24, 2.45) is 0 Å². The summed E-state index contributed by atoms with van der Waals surface area (Å²) in [7, 11) is -0.638. The Morgan fingerprint density at radius 1 is 0.406 bits per heavy atom. The van der Waals surface area contributed by atoms with Gasteiger partial charge in [0, 0.05) is 16.5 Å². The highest BCUT2D eigenvalue weighted by atomic mass is 31.1. The SMILES string of the molecule is c1ccc(P(c2ccccc2)c2cccc(-n3c4ccccc4c4ccccc43)c2)cc1. The molecule has 0 unspecified atom stereocenters. The van der Waals surface area contributed by atoms with Crippen molar-refractivity contribution in [1.82, 2.24) is 4.57 Å². The molecule has 6 aromatic rings. The van der Waals surface area contributed by atoms with Gasteiger partial charge in [-0.1, -0.05) is 109 Å². The van der Waals surface area contributed by atoms with Crippen LogP contribution in [0.1, 0.15) is 0 Å². The minimum absolute atomic E-state index is 0.638. The fourth-order valence-electron chi connectivity index (χ4n) is 4.57. The number of para-hydroxylation sites is 2. The predicted molar refractivity (Wildman–Crippen MR) is 139 cm³/mol. The van der Waals surface area contributed by atoms with Crippen molar-refractivity contribution in [3.63, 3.8) is 0 Å². The summed E-state index contributed by atoms with van der Waals surface area (Å²) >= 11 is 0. The maximum atomic E-state index is 2.40. The van der Waals surface area contributed by atoms with Crippen LogP contribution in [0.15, 0.2) is 133 Å². The molecule has 0 spiro atoms. The van der Waals surface area contributed by atoms with Gasteiger partial charge in [-0.3, -0.25) is 0 Å². The molecule has 0 saturated heterocycles. The Morgan fingerprint density at radius 3 is 1.44 bits per heavy atom. The Bertz CT molecular complexity index is 1420. The molecule has 0 N–H and O–H groups in total. The molecule has 1 nitrogen and oxygen atoms in total. The Kier molecular flexibility index (Phi) is 4.83. The molecule has 0 aliphatic rings. The lowest BCUT2D eigenvalue weighted by Crippen LogP contribution is -2.20. The standard InChI is InChI=1S/C30H22NP/c1-3-13-24(14-4-1)32(25-15-5-2-6-16-25)26-17-11-12-23(22-26)31-29-20-9-7-18-27(29)28-19-8-10-21-30(28)31/h1-22H. The van der Waals surface area contributed by atoms with Gasteiger partial charge in [0.05, 0.1) is 11.0 Å². The normalized spacial score (nSPS) is 11.4. The van der Waals surface area contributed by atoms with Crippen molar-refractivity contribution in [3.05, 3.63) is 133 Å². The Hall–Kier alpha value is -3.67. The highest BCUT2D eigenvalue weighted by Crippen LogP contribution is 2.35. The van der Waals surface area contributed by atoms with E-state index in [2.05, 4.69) is 138 Å². The predicted octanol–water partition coefficient (Wildman–Crippen LogP) is 6.54. The number of nitrogens with zero attached hydrogens (tertiary/aromatic N) is 1. The molecule has 0 aliphatic heterocycles. The second-order valence-corrected chi connectivity index (χ2v) is 10.1. The van der Waals surface area contributed by atoms with E-state index in [1.54, 1.807) is 0 Å². The molecule has 1 heterocycles. The van der Waals surface area contributed by atoms with E-state index in [1.807, 2.05) is 0 Å². The van der Waals surface area contributed by atoms with Crippen LogP contribution in [0.4, 0.5) is 0 Å². The van der Waals surface area contributed by atoms with E-state index in [-0.39, 0.29) is 0 Å². The molecular weight excluding hydrogens is 405 g/mol. The summed E-state index contributed by atoms with van der Waals surface area (Å²) in [5, 5.41) is 6.68. The third-order valence-corrected chi connectivity index (χ3v) is 8.38. The van der Waals surface area contributed by atoms with Crippen molar-refractivity contribution in [2.45, 2.75) is 0 Å². The summed E-state index contributed by atoms with van der Waals surface area (Å²) in [6.07, 6.45) is 0. The van der Waals surface area contributed by atoms with Gasteiger partial charge >= 0.3 is 0 Å². The topological polar surface area (TPSA) is 4.93 Å². The van der Waals surface area contributed by atoms with Gasteiger partial charge in [-0.15, -0.1) is 0 Å². The lowest BCUT2D eigenvalue weighted by molar-refractivity contribution is 1.18. The highest BCUT2D eigenvalue weighted by Gasteiger charge is 2.18. The molecule has 32 heavy (non-hydrogen) atoms. The second kappa shape index (κ2) is 8.11. The zero-order valence-electron chi connectivity index (χ0n) is 17.6. The van der Waals surface area contributed by atoms with Crippen molar-refractivity contribution >= 4 is 45.6 Å². The monoisotopic (exact) mass is 427 g/mol. The first-order chi connectivity index (χ1) is 15.9. The third kappa shape index (κ3) is 3.23.